The zero-order valence-corrected chi connectivity index (χ0v) is 25.4. The summed E-state index contributed by atoms with van der Waals surface area (Å²) in [7, 11) is 0. The number of quaternary nitrogens is 1. The van der Waals surface area contributed by atoms with E-state index in [0.717, 1.165) is 0 Å². The van der Waals surface area contributed by atoms with E-state index < -0.39 is 0 Å². The van der Waals surface area contributed by atoms with Crippen molar-refractivity contribution in [1.29, 1.82) is 0 Å². The van der Waals surface area contributed by atoms with Gasteiger partial charge in [0.1, 0.15) is 0 Å². The van der Waals surface area contributed by atoms with E-state index in [9.17, 15) is 0 Å². The van der Waals surface area contributed by atoms with Gasteiger partial charge >= 0.3 is 0 Å². The SMILES string of the molecule is CCCCCCCCCCCC[N+](CCCC)(CCCC)CCCCCCCCCCCC.[Cl-]. The van der Waals surface area contributed by atoms with Crippen molar-refractivity contribution >= 4 is 0 Å². The van der Waals surface area contributed by atoms with Crippen LogP contribution in [0, 0.1) is 0 Å². The second kappa shape index (κ2) is 29.5. The molecule has 0 atom stereocenters. The Bertz CT molecular complexity index is 323. The van der Waals surface area contributed by atoms with Gasteiger partial charge in [0.2, 0.25) is 0 Å². The zero-order valence-electron chi connectivity index (χ0n) is 24.6. The molecule has 0 bridgehead atoms. The summed E-state index contributed by atoms with van der Waals surface area (Å²) in [4.78, 5) is 0. The maximum atomic E-state index is 2.38. The van der Waals surface area contributed by atoms with E-state index in [1.54, 1.807) is 0 Å². The molecule has 208 valence electrons. The molecule has 1 nitrogen and oxygen atoms in total. The first kappa shape index (κ1) is 36.4. The Kier molecular flexibility index (Phi) is 31.6. The number of unbranched alkanes of at least 4 members (excludes halogenated alkanes) is 20. The Balaban J connectivity index is 0. The van der Waals surface area contributed by atoms with Crippen LogP contribution in [0.3, 0.4) is 0 Å². The molecule has 0 aromatic carbocycles. The van der Waals surface area contributed by atoms with Crippen molar-refractivity contribution in [3.05, 3.63) is 0 Å². The van der Waals surface area contributed by atoms with Crippen LogP contribution >= 0.6 is 0 Å². The topological polar surface area (TPSA) is 0 Å². The van der Waals surface area contributed by atoms with Crippen molar-refractivity contribution in [3.8, 4) is 0 Å². The van der Waals surface area contributed by atoms with Crippen LogP contribution in [0.15, 0.2) is 0 Å². The second-order valence-electron chi connectivity index (χ2n) is 11.3. The van der Waals surface area contributed by atoms with Gasteiger partial charge in [0, 0.05) is 0 Å². The fraction of sp³-hybridized carbons (Fsp3) is 1.00. The normalized spacial score (nSPS) is 11.6. The summed E-state index contributed by atoms with van der Waals surface area (Å²) in [5.41, 5.74) is 0. The number of nitrogens with zero attached hydrogens (tertiary/aromatic N) is 1. The zero-order chi connectivity index (χ0) is 24.3. The monoisotopic (exact) mass is 502 g/mol. The third-order valence-corrected chi connectivity index (χ3v) is 7.94. The van der Waals surface area contributed by atoms with Gasteiger partial charge in [-0.05, 0) is 38.5 Å². The van der Waals surface area contributed by atoms with Crippen LogP contribution in [0.1, 0.15) is 182 Å². The van der Waals surface area contributed by atoms with Crippen molar-refractivity contribution in [1.82, 2.24) is 0 Å². The van der Waals surface area contributed by atoms with E-state index in [1.807, 2.05) is 0 Å². The second-order valence-corrected chi connectivity index (χ2v) is 11.3. The maximum Gasteiger partial charge on any atom is 0.0786 e. The molecule has 0 fully saturated rings. The first-order chi connectivity index (χ1) is 16.2. The van der Waals surface area contributed by atoms with Gasteiger partial charge in [-0.3, -0.25) is 0 Å². The van der Waals surface area contributed by atoms with Crippen molar-refractivity contribution in [2.75, 3.05) is 26.2 Å². The number of rotatable bonds is 28. The molecule has 2 heteroatoms. The van der Waals surface area contributed by atoms with E-state index in [2.05, 4.69) is 27.7 Å². The van der Waals surface area contributed by atoms with Crippen LogP contribution in [-0.4, -0.2) is 30.7 Å². The van der Waals surface area contributed by atoms with Crippen LogP contribution in [0.25, 0.3) is 0 Å². The highest BCUT2D eigenvalue weighted by Gasteiger charge is 2.25. The average molecular weight is 502 g/mol. The fourth-order valence-electron chi connectivity index (χ4n) is 5.53. The molecule has 0 radical (unpaired) electrons. The fourth-order valence-corrected chi connectivity index (χ4v) is 5.53. The van der Waals surface area contributed by atoms with Gasteiger partial charge < -0.3 is 16.9 Å². The number of hydrogen-bond acceptors (Lipinski definition) is 0. The third-order valence-electron chi connectivity index (χ3n) is 7.94. The van der Waals surface area contributed by atoms with Gasteiger partial charge in [0.05, 0.1) is 26.2 Å². The minimum atomic E-state index is 0. The molecule has 0 spiro atoms. The molecule has 0 saturated carbocycles. The Morgan fingerprint density at radius 3 is 0.735 bits per heavy atom. The highest BCUT2D eigenvalue weighted by atomic mass is 35.5. The molecule has 0 saturated heterocycles. The van der Waals surface area contributed by atoms with Gasteiger partial charge in [-0.25, -0.2) is 0 Å². The molecule has 0 aliphatic heterocycles. The van der Waals surface area contributed by atoms with Crippen LogP contribution in [-0.2, 0) is 0 Å². The summed E-state index contributed by atoms with van der Waals surface area (Å²) >= 11 is 0. The number of halogens is 1. The van der Waals surface area contributed by atoms with Gasteiger partial charge in [-0.1, -0.05) is 143 Å². The lowest BCUT2D eigenvalue weighted by Crippen LogP contribution is -3.00. The highest BCUT2D eigenvalue weighted by molar-refractivity contribution is 4.54. The molecule has 0 aromatic rings. The smallest absolute Gasteiger partial charge is 0.0786 e. The maximum absolute atomic E-state index is 2.38. The summed E-state index contributed by atoms with van der Waals surface area (Å²) < 4.78 is 1.45. The largest absolute Gasteiger partial charge is 1.00 e. The molecule has 0 rings (SSSR count). The summed E-state index contributed by atoms with van der Waals surface area (Å²) in [6.45, 7) is 15.2. The lowest BCUT2D eigenvalue weighted by molar-refractivity contribution is -0.929. The lowest BCUT2D eigenvalue weighted by Gasteiger charge is -2.39. The molecule has 0 heterocycles. The highest BCUT2D eigenvalue weighted by Crippen LogP contribution is 2.19. The molecular weight excluding hydrogens is 434 g/mol. The van der Waals surface area contributed by atoms with Crippen LogP contribution < -0.4 is 12.4 Å². The molecule has 0 unspecified atom stereocenters. The van der Waals surface area contributed by atoms with Crippen LogP contribution in [0.5, 0.6) is 0 Å². The van der Waals surface area contributed by atoms with Crippen molar-refractivity contribution in [3.63, 3.8) is 0 Å². The van der Waals surface area contributed by atoms with Crippen molar-refractivity contribution in [2.45, 2.75) is 182 Å². The molecular formula is C32H68ClN. The molecule has 0 amide bonds. The van der Waals surface area contributed by atoms with Crippen LogP contribution in [0.2, 0.25) is 0 Å². The average Bonchev–Trinajstić information content (AvgIpc) is 2.83. The first-order valence-electron chi connectivity index (χ1n) is 16.1. The van der Waals surface area contributed by atoms with E-state index in [4.69, 9.17) is 0 Å². The van der Waals surface area contributed by atoms with Gasteiger partial charge in [-0.15, -0.1) is 0 Å². The minimum absolute atomic E-state index is 0. The molecule has 0 aromatic heterocycles. The van der Waals surface area contributed by atoms with E-state index >= 15 is 0 Å². The van der Waals surface area contributed by atoms with E-state index in [-0.39, 0.29) is 12.4 Å². The summed E-state index contributed by atoms with van der Waals surface area (Å²) in [6, 6.07) is 0. The standard InChI is InChI=1S/C32H68N.ClH/c1-5-9-13-15-17-19-21-23-25-27-31-33(29-11-7-3,30-12-8-4)32-28-26-24-22-20-18-16-14-10-6-2;/h5-32H2,1-4H3;1H/q+1;/p-1. The number of hydrogen-bond donors (Lipinski definition) is 0. The van der Waals surface area contributed by atoms with Gasteiger partial charge in [0.25, 0.3) is 0 Å². The quantitative estimate of drug-likeness (QED) is 0.0747. The van der Waals surface area contributed by atoms with E-state index in [0.29, 0.717) is 0 Å². The third kappa shape index (κ3) is 24.0. The summed E-state index contributed by atoms with van der Waals surface area (Å²) in [5, 5.41) is 0. The summed E-state index contributed by atoms with van der Waals surface area (Å²) in [5.74, 6) is 0. The Labute approximate surface area is 224 Å². The predicted octanol–water partition coefficient (Wildman–Crippen LogP) is 8.25. The van der Waals surface area contributed by atoms with Gasteiger partial charge in [0.15, 0.2) is 0 Å². The minimum Gasteiger partial charge on any atom is -1.00 e. The predicted molar refractivity (Wildman–Crippen MR) is 153 cm³/mol. The van der Waals surface area contributed by atoms with Crippen LogP contribution in [0.4, 0.5) is 0 Å². The van der Waals surface area contributed by atoms with E-state index in [1.165, 1.54) is 185 Å². The molecule has 0 aliphatic rings. The van der Waals surface area contributed by atoms with Crippen molar-refractivity contribution < 1.29 is 16.9 Å². The van der Waals surface area contributed by atoms with Gasteiger partial charge in [-0.2, -0.15) is 0 Å². The Morgan fingerprint density at radius 2 is 0.471 bits per heavy atom. The lowest BCUT2D eigenvalue weighted by atomic mass is 10.0. The Morgan fingerprint density at radius 1 is 0.265 bits per heavy atom. The Hall–Kier alpha value is 0.250. The molecule has 34 heavy (non-hydrogen) atoms. The molecule has 0 aliphatic carbocycles. The van der Waals surface area contributed by atoms with Crippen molar-refractivity contribution in [2.24, 2.45) is 0 Å². The molecule has 0 N–H and O–H groups in total. The first-order valence-corrected chi connectivity index (χ1v) is 16.1. The summed E-state index contributed by atoms with van der Waals surface area (Å²) in [6.07, 6.45) is 34.8.